The Morgan fingerprint density at radius 1 is 0.840 bits per heavy atom. The summed E-state index contributed by atoms with van der Waals surface area (Å²) in [6.45, 7) is 13.3. The maximum absolute atomic E-state index is 11.9. The fraction of sp³-hybridized carbons (Fsp3) is 0.409. The maximum Gasteiger partial charge on any atom is 0.514 e. The van der Waals surface area contributed by atoms with Crippen molar-refractivity contribution in [3.05, 3.63) is 65.2 Å². The summed E-state index contributed by atoms with van der Waals surface area (Å²) >= 11 is 0. The van der Waals surface area contributed by atoms with Gasteiger partial charge in [-0.25, -0.2) is 4.79 Å². The van der Waals surface area contributed by atoms with Gasteiger partial charge < -0.3 is 9.47 Å². The number of para-hydroxylation sites is 1. The fourth-order valence-electron chi connectivity index (χ4n) is 2.40. The molecule has 0 radical (unpaired) electrons. The Morgan fingerprint density at radius 2 is 1.36 bits per heavy atom. The lowest BCUT2D eigenvalue weighted by molar-refractivity contribution is 0.0927. The zero-order valence-electron chi connectivity index (χ0n) is 16.1. The molecule has 3 heteroatoms. The van der Waals surface area contributed by atoms with Crippen molar-refractivity contribution < 1.29 is 14.3 Å². The van der Waals surface area contributed by atoms with Crippen molar-refractivity contribution in [3.8, 4) is 5.75 Å². The first-order valence-corrected chi connectivity index (χ1v) is 8.60. The number of ether oxygens (including phenoxy) is 2. The molecule has 0 fully saturated rings. The standard InChI is InChI=1S/C22H28O3/c1-21(2,3)17-12-16(13-18(14-17)22(4,5)6)15-24-20(23)25-19-10-8-7-9-11-19/h7-14H,15H2,1-6H3. The zero-order chi connectivity index (χ0) is 18.7. The molecule has 0 saturated carbocycles. The maximum atomic E-state index is 11.9. The summed E-state index contributed by atoms with van der Waals surface area (Å²) in [6.07, 6.45) is -0.690. The molecular weight excluding hydrogens is 312 g/mol. The van der Waals surface area contributed by atoms with E-state index in [0.29, 0.717) is 5.75 Å². The number of hydrogen-bond acceptors (Lipinski definition) is 3. The molecule has 0 saturated heterocycles. The highest BCUT2D eigenvalue weighted by Gasteiger charge is 2.21. The summed E-state index contributed by atoms with van der Waals surface area (Å²) in [4.78, 5) is 11.9. The molecule has 0 N–H and O–H groups in total. The van der Waals surface area contributed by atoms with E-state index in [-0.39, 0.29) is 17.4 Å². The van der Waals surface area contributed by atoms with Gasteiger partial charge in [-0.15, -0.1) is 0 Å². The van der Waals surface area contributed by atoms with E-state index in [1.54, 1.807) is 12.1 Å². The molecule has 0 spiro atoms. The largest absolute Gasteiger partial charge is 0.514 e. The van der Waals surface area contributed by atoms with Crippen molar-refractivity contribution in [2.75, 3.05) is 0 Å². The second-order valence-corrected chi connectivity index (χ2v) is 8.37. The van der Waals surface area contributed by atoms with E-state index in [1.165, 1.54) is 11.1 Å². The Kier molecular flexibility index (Phi) is 5.56. The van der Waals surface area contributed by atoms with Crippen LogP contribution in [0.25, 0.3) is 0 Å². The van der Waals surface area contributed by atoms with E-state index in [0.717, 1.165) is 5.56 Å². The molecule has 0 aliphatic rings. The molecular formula is C22H28O3. The van der Waals surface area contributed by atoms with Gasteiger partial charge in [0, 0.05) is 0 Å². The van der Waals surface area contributed by atoms with Gasteiger partial charge in [0.1, 0.15) is 12.4 Å². The second kappa shape index (κ2) is 7.30. The third-order valence-electron chi connectivity index (χ3n) is 4.03. The molecule has 2 rings (SSSR count). The van der Waals surface area contributed by atoms with Crippen LogP contribution >= 0.6 is 0 Å². The van der Waals surface area contributed by atoms with E-state index in [9.17, 15) is 4.79 Å². The molecule has 134 valence electrons. The van der Waals surface area contributed by atoms with Crippen LogP contribution in [0.3, 0.4) is 0 Å². The van der Waals surface area contributed by atoms with Crippen LogP contribution in [0.4, 0.5) is 4.79 Å². The Morgan fingerprint density at radius 3 is 1.84 bits per heavy atom. The monoisotopic (exact) mass is 340 g/mol. The Labute approximate surface area is 151 Å². The molecule has 25 heavy (non-hydrogen) atoms. The SMILES string of the molecule is CC(C)(C)c1cc(COC(=O)Oc2ccccc2)cc(C(C)(C)C)c1. The summed E-state index contributed by atoms with van der Waals surface area (Å²) in [7, 11) is 0. The smallest absolute Gasteiger partial charge is 0.429 e. The zero-order valence-corrected chi connectivity index (χ0v) is 16.1. The average Bonchev–Trinajstić information content (AvgIpc) is 2.52. The van der Waals surface area contributed by atoms with Gasteiger partial charge in [-0.05, 0) is 39.7 Å². The summed E-state index contributed by atoms with van der Waals surface area (Å²) in [6, 6.07) is 15.4. The number of carbonyl (C=O) groups excluding carboxylic acids is 1. The van der Waals surface area contributed by atoms with Crippen LogP contribution in [0.15, 0.2) is 48.5 Å². The van der Waals surface area contributed by atoms with Crippen molar-refractivity contribution in [2.45, 2.75) is 59.0 Å². The highest BCUT2D eigenvalue weighted by molar-refractivity contribution is 5.63. The van der Waals surface area contributed by atoms with Gasteiger partial charge in [-0.2, -0.15) is 0 Å². The second-order valence-electron chi connectivity index (χ2n) is 8.37. The molecule has 0 aromatic heterocycles. The van der Waals surface area contributed by atoms with Crippen molar-refractivity contribution in [2.24, 2.45) is 0 Å². The number of carbonyl (C=O) groups is 1. The molecule has 0 aliphatic carbocycles. The van der Waals surface area contributed by atoms with Gasteiger partial charge in [-0.1, -0.05) is 77.9 Å². The van der Waals surface area contributed by atoms with E-state index in [4.69, 9.17) is 9.47 Å². The van der Waals surface area contributed by atoms with Gasteiger partial charge in [0.2, 0.25) is 0 Å². The Hall–Kier alpha value is -2.29. The minimum absolute atomic E-state index is 0.0283. The van der Waals surface area contributed by atoms with Gasteiger partial charge in [0.25, 0.3) is 0 Å². The first-order chi connectivity index (χ1) is 11.6. The summed E-state index contributed by atoms with van der Waals surface area (Å²) in [5.74, 6) is 0.478. The number of hydrogen-bond donors (Lipinski definition) is 0. The van der Waals surface area contributed by atoms with Crippen molar-refractivity contribution >= 4 is 6.16 Å². The van der Waals surface area contributed by atoms with Crippen LogP contribution in [0, 0.1) is 0 Å². The van der Waals surface area contributed by atoms with Crippen LogP contribution < -0.4 is 4.74 Å². The van der Waals surface area contributed by atoms with Crippen molar-refractivity contribution in [1.82, 2.24) is 0 Å². The normalized spacial score (nSPS) is 11.9. The van der Waals surface area contributed by atoms with E-state index >= 15 is 0 Å². The summed E-state index contributed by atoms with van der Waals surface area (Å²) < 4.78 is 10.5. The lowest BCUT2D eigenvalue weighted by Gasteiger charge is -2.26. The highest BCUT2D eigenvalue weighted by Crippen LogP contribution is 2.30. The lowest BCUT2D eigenvalue weighted by atomic mass is 9.79. The van der Waals surface area contributed by atoms with Crippen LogP contribution in [0.5, 0.6) is 5.75 Å². The van der Waals surface area contributed by atoms with E-state index < -0.39 is 6.16 Å². The van der Waals surface area contributed by atoms with Crippen LogP contribution in [-0.4, -0.2) is 6.16 Å². The van der Waals surface area contributed by atoms with Crippen LogP contribution in [-0.2, 0) is 22.2 Å². The quantitative estimate of drug-likeness (QED) is 0.508. The minimum Gasteiger partial charge on any atom is -0.429 e. The first kappa shape index (κ1) is 19.0. The van der Waals surface area contributed by atoms with Gasteiger partial charge >= 0.3 is 6.16 Å². The van der Waals surface area contributed by atoms with Gasteiger partial charge in [0.05, 0.1) is 0 Å². The predicted molar refractivity (Wildman–Crippen MR) is 101 cm³/mol. The Balaban J connectivity index is 2.14. The van der Waals surface area contributed by atoms with Gasteiger partial charge in [-0.3, -0.25) is 0 Å². The molecule has 0 bridgehead atoms. The van der Waals surface area contributed by atoms with Crippen molar-refractivity contribution in [3.63, 3.8) is 0 Å². The Bertz CT molecular complexity index is 687. The fourth-order valence-corrected chi connectivity index (χ4v) is 2.40. The summed E-state index contributed by atoms with van der Waals surface area (Å²) in [5.41, 5.74) is 3.49. The molecule has 2 aromatic carbocycles. The third kappa shape index (κ3) is 5.63. The predicted octanol–water partition coefficient (Wildman–Crippen LogP) is 6.00. The molecule has 0 unspecified atom stereocenters. The molecule has 0 heterocycles. The first-order valence-electron chi connectivity index (χ1n) is 8.60. The van der Waals surface area contributed by atoms with Crippen LogP contribution in [0.2, 0.25) is 0 Å². The van der Waals surface area contributed by atoms with Crippen LogP contribution in [0.1, 0.15) is 58.2 Å². The average molecular weight is 340 g/mol. The molecule has 0 atom stereocenters. The van der Waals surface area contributed by atoms with Gasteiger partial charge in [0.15, 0.2) is 0 Å². The molecule has 3 nitrogen and oxygen atoms in total. The third-order valence-corrected chi connectivity index (χ3v) is 4.03. The topological polar surface area (TPSA) is 35.5 Å². The van der Waals surface area contributed by atoms with Crippen molar-refractivity contribution in [1.29, 1.82) is 0 Å². The number of benzene rings is 2. The minimum atomic E-state index is -0.690. The molecule has 2 aromatic rings. The highest BCUT2D eigenvalue weighted by atomic mass is 16.7. The van der Waals surface area contributed by atoms with E-state index in [1.807, 2.05) is 18.2 Å². The lowest BCUT2D eigenvalue weighted by Crippen LogP contribution is -2.18. The van der Waals surface area contributed by atoms with E-state index in [2.05, 4.69) is 59.7 Å². The molecule has 0 aliphatic heterocycles. The summed E-state index contributed by atoms with van der Waals surface area (Å²) in [5, 5.41) is 0. The number of rotatable bonds is 3. The molecule has 0 amide bonds.